The van der Waals surface area contributed by atoms with E-state index in [2.05, 4.69) is 35.0 Å². The van der Waals surface area contributed by atoms with E-state index in [4.69, 9.17) is 5.73 Å². The number of hydrogen-bond donors (Lipinski definition) is 2. The first-order valence-corrected chi connectivity index (χ1v) is 10.2. The van der Waals surface area contributed by atoms with Crippen molar-refractivity contribution in [2.45, 2.75) is 48.6 Å². The molecule has 0 unspecified atom stereocenters. The summed E-state index contributed by atoms with van der Waals surface area (Å²) in [7, 11) is 0. The van der Waals surface area contributed by atoms with E-state index in [-0.39, 0.29) is 11.8 Å². The third-order valence-corrected chi connectivity index (χ3v) is 5.61. The van der Waals surface area contributed by atoms with Crippen LogP contribution in [0.25, 0.3) is 0 Å². The van der Waals surface area contributed by atoms with Crippen LogP contribution in [0.2, 0.25) is 0 Å². The van der Waals surface area contributed by atoms with Crippen molar-refractivity contribution >= 4 is 29.3 Å². The van der Waals surface area contributed by atoms with E-state index in [0.29, 0.717) is 35.2 Å². The molecule has 2 aromatic heterocycles. The Kier molecular flexibility index (Phi) is 4.34. The van der Waals surface area contributed by atoms with Gasteiger partial charge in [0.1, 0.15) is 17.5 Å². The van der Waals surface area contributed by atoms with Crippen LogP contribution in [-0.2, 0) is 5.75 Å². The number of anilines is 3. The maximum atomic E-state index is 13.1. The molecule has 2 heterocycles. The highest BCUT2D eigenvalue weighted by Crippen LogP contribution is 2.46. The quantitative estimate of drug-likeness (QED) is 0.583. The second-order valence-corrected chi connectivity index (χ2v) is 8.01. The van der Waals surface area contributed by atoms with E-state index in [0.717, 1.165) is 11.0 Å². The molecular formula is C18H19FN8S. The number of hydrogen-bond acceptors (Lipinski definition) is 8. The van der Waals surface area contributed by atoms with Gasteiger partial charge in [-0.15, -0.1) is 10.2 Å². The molecule has 10 heteroatoms. The Labute approximate surface area is 165 Å². The van der Waals surface area contributed by atoms with Gasteiger partial charge in [0.15, 0.2) is 5.16 Å². The Hall–Kier alpha value is -2.75. The second-order valence-electron chi connectivity index (χ2n) is 7.07. The van der Waals surface area contributed by atoms with E-state index in [1.54, 1.807) is 23.9 Å². The van der Waals surface area contributed by atoms with Crippen molar-refractivity contribution < 1.29 is 4.39 Å². The Morgan fingerprint density at radius 3 is 2.57 bits per heavy atom. The monoisotopic (exact) mass is 398 g/mol. The highest BCUT2D eigenvalue weighted by Gasteiger charge is 2.36. The van der Waals surface area contributed by atoms with Crippen LogP contribution in [-0.4, -0.2) is 29.7 Å². The average molecular weight is 398 g/mol. The normalized spacial score (nSPS) is 16.3. The van der Waals surface area contributed by atoms with Crippen LogP contribution >= 0.6 is 11.8 Å². The molecule has 0 aliphatic heterocycles. The summed E-state index contributed by atoms with van der Waals surface area (Å²) >= 11 is 1.56. The summed E-state index contributed by atoms with van der Waals surface area (Å²) in [5.41, 5.74) is 6.52. The van der Waals surface area contributed by atoms with E-state index < -0.39 is 0 Å². The minimum Gasteiger partial charge on any atom is -0.368 e. The van der Waals surface area contributed by atoms with Crippen LogP contribution in [0.3, 0.4) is 0 Å². The molecule has 0 saturated heterocycles. The number of aromatic nitrogens is 6. The van der Waals surface area contributed by atoms with Crippen molar-refractivity contribution in [3.63, 3.8) is 0 Å². The highest BCUT2D eigenvalue weighted by atomic mass is 32.2. The van der Waals surface area contributed by atoms with Crippen LogP contribution < -0.4 is 11.1 Å². The molecular weight excluding hydrogens is 379 g/mol. The predicted octanol–water partition coefficient (Wildman–Crippen LogP) is 3.43. The molecule has 1 aromatic carbocycles. The molecule has 2 saturated carbocycles. The minimum atomic E-state index is -0.303. The molecule has 144 valence electrons. The van der Waals surface area contributed by atoms with Gasteiger partial charge in [0.05, 0.1) is 5.75 Å². The third kappa shape index (κ3) is 3.77. The van der Waals surface area contributed by atoms with Crippen molar-refractivity contribution in [3.05, 3.63) is 41.7 Å². The number of benzene rings is 1. The van der Waals surface area contributed by atoms with Gasteiger partial charge in [-0.25, -0.2) is 4.39 Å². The molecule has 8 nitrogen and oxygen atoms in total. The minimum absolute atomic E-state index is 0.137. The first kappa shape index (κ1) is 17.4. The molecule has 0 bridgehead atoms. The SMILES string of the molecule is Nc1nc(CSc2nnc(C3CC3)n2C2CC2)nc(Nc2ccc(F)cc2)n1. The van der Waals surface area contributed by atoms with Crippen LogP contribution in [0.1, 0.15) is 49.3 Å². The lowest BCUT2D eigenvalue weighted by Crippen LogP contribution is -2.07. The number of nitrogens with one attached hydrogen (secondary N) is 1. The summed E-state index contributed by atoms with van der Waals surface area (Å²) in [6, 6.07) is 6.49. The number of thioether (sulfide) groups is 1. The van der Waals surface area contributed by atoms with Gasteiger partial charge in [-0.3, -0.25) is 0 Å². The predicted molar refractivity (Wildman–Crippen MR) is 104 cm³/mol. The van der Waals surface area contributed by atoms with E-state index in [1.807, 2.05) is 0 Å². The fourth-order valence-electron chi connectivity index (χ4n) is 3.03. The average Bonchev–Trinajstić information content (AvgIpc) is 3.60. The summed E-state index contributed by atoms with van der Waals surface area (Å²) in [4.78, 5) is 12.8. The summed E-state index contributed by atoms with van der Waals surface area (Å²) in [6.07, 6.45) is 4.79. The lowest BCUT2D eigenvalue weighted by Gasteiger charge is -2.09. The molecule has 28 heavy (non-hydrogen) atoms. The summed E-state index contributed by atoms with van der Waals surface area (Å²) in [6.45, 7) is 0. The molecule has 0 spiro atoms. The molecule has 0 amide bonds. The molecule has 3 aromatic rings. The van der Waals surface area contributed by atoms with E-state index >= 15 is 0 Å². The zero-order valence-electron chi connectivity index (χ0n) is 15.0. The van der Waals surface area contributed by atoms with E-state index in [9.17, 15) is 4.39 Å². The molecule has 3 N–H and O–H groups in total. The number of nitrogens with two attached hydrogens (primary N) is 1. The maximum Gasteiger partial charge on any atom is 0.232 e. The Balaban J connectivity index is 1.32. The lowest BCUT2D eigenvalue weighted by molar-refractivity contribution is 0.626. The van der Waals surface area contributed by atoms with Crippen molar-refractivity contribution in [1.29, 1.82) is 0 Å². The molecule has 0 radical (unpaired) electrons. The zero-order chi connectivity index (χ0) is 19.1. The second kappa shape index (κ2) is 7.01. The number of nitrogens with zero attached hydrogens (tertiary/aromatic N) is 6. The van der Waals surface area contributed by atoms with Gasteiger partial charge in [0.2, 0.25) is 11.9 Å². The van der Waals surface area contributed by atoms with E-state index in [1.165, 1.54) is 37.8 Å². The Bertz CT molecular complexity index is 997. The molecule has 0 atom stereocenters. The number of rotatable bonds is 7. The number of nitrogen functional groups attached to an aromatic ring is 1. The summed E-state index contributed by atoms with van der Waals surface area (Å²) < 4.78 is 15.4. The largest absolute Gasteiger partial charge is 0.368 e. The summed E-state index contributed by atoms with van der Waals surface area (Å²) in [5.74, 6) is 2.93. The summed E-state index contributed by atoms with van der Waals surface area (Å²) in [5, 5.41) is 12.8. The lowest BCUT2D eigenvalue weighted by atomic mass is 10.3. The standard InChI is InChI=1S/C18H19FN8S/c19-11-3-5-12(6-4-11)21-17-23-14(22-16(20)24-17)9-28-18-26-25-15(10-1-2-10)27(18)13-7-8-13/h3-6,10,13H,1-2,7-9H2,(H3,20,21,22,23,24). The van der Waals surface area contributed by atoms with Crippen LogP contribution in [0.5, 0.6) is 0 Å². The third-order valence-electron chi connectivity index (χ3n) is 4.68. The van der Waals surface area contributed by atoms with Gasteiger partial charge in [-0.1, -0.05) is 11.8 Å². The molecule has 2 aliphatic rings. The molecule has 2 aliphatic carbocycles. The topological polar surface area (TPSA) is 107 Å². The Morgan fingerprint density at radius 2 is 1.86 bits per heavy atom. The van der Waals surface area contributed by atoms with Crippen LogP contribution in [0, 0.1) is 5.82 Å². The first-order valence-electron chi connectivity index (χ1n) is 9.26. The van der Waals surface area contributed by atoms with Gasteiger partial charge < -0.3 is 15.6 Å². The van der Waals surface area contributed by atoms with Crippen molar-refractivity contribution in [1.82, 2.24) is 29.7 Å². The first-order chi connectivity index (χ1) is 13.7. The van der Waals surface area contributed by atoms with Gasteiger partial charge in [-0.05, 0) is 49.9 Å². The fourth-order valence-corrected chi connectivity index (χ4v) is 3.90. The van der Waals surface area contributed by atoms with Gasteiger partial charge in [0, 0.05) is 17.6 Å². The van der Waals surface area contributed by atoms with Gasteiger partial charge in [0.25, 0.3) is 0 Å². The zero-order valence-corrected chi connectivity index (χ0v) is 15.9. The van der Waals surface area contributed by atoms with Gasteiger partial charge >= 0.3 is 0 Å². The molecule has 5 rings (SSSR count). The van der Waals surface area contributed by atoms with Crippen molar-refractivity contribution in [2.75, 3.05) is 11.1 Å². The van der Waals surface area contributed by atoms with Crippen LogP contribution in [0.4, 0.5) is 22.0 Å². The fraction of sp³-hybridized carbons (Fsp3) is 0.389. The Morgan fingerprint density at radius 1 is 1.07 bits per heavy atom. The number of halogens is 1. The van der Waals surface area contributed by atoms with Crippen LogP contribution in [0.15, 0.2) is 29.4 Å². The van der Waals surface area contributed by atoms with Crippen molar-refractivity contribution in [3.8, 4) is 0 Å². The smallest absolute Gasteiger partial charge is 0.232 e. The highest BCUT2D eigenvalue weighted by molar-refractivity contribution is 7.98. The maximum absolute atomic E-state index is 13.1. The van der Waals surface area contributed by atoms with Gasteiger partial charge in [-0.2, -0.15) is 15.0 Å². The molecule has 2 fully saturated rings. The van der Waals surface area contributed by atoms with Crippen molar-refractivity contribution in [2.24, 2.45) is 0 Å².